The largest absolute Gasteiger partial charge is 0.468 e. The summed E-state index contributed by atoms with van der Waals surface area (Å²) in [5.74, 6) is -0.794. The van der Waals surface area contributed by atoms with Crippen molar-refractivity contribution in [3.63, 3.8) is 0 Å². The van der Waals surface area contributed by atoms with Crippen molar-refractivity contribution in [3.05, 3.63) is 35.9 Å². The minimum absolute atomic E-state index is 0.221. The highest BCUT2D eigenvalue weighted by Crippen LogP contribution is 2.32. The average Bonchev–Trinajstić information content (AvgIpc) is 2.55. The Morgan fingerprint density at radius 2 is 1.86 bits per heavy atom. The lowest BCUT2D eigenvalue weighted by Crippen LogP contribution is -2.48. The minimum atomic E-state index is -0.476. The fourth-order valence-corrected chi connectivity index (χ4v) is 2.95. The Labute approximate surface area is 124 Å². The molecule has 0 N–H and O–H groups in total. The first-order chi connectivity index (χ1) is 10.2. The second kappa shape index (κ2) is 7.11. The van der Waals surface area contributed by atoms with Gasteiger partial charge in [-0.3, -0.25) is 4.79 Å². The van der Waals surface area contributed by atoms with Crippen LogP contribution in [0.15, 0.2) is 30.3 Å². The molecule has 1 saturated heterocycles. The zero-order valence-corrected chi connectivity index (χ0v) is 12.5. The molecule has 1 amide bonds. The smallest absolute Gasteiger partial charge is 0.409 e. The van der Waals surface area contributed by atoms with Gasteiger partial charge < -0.3 is 14.4 Å². The maximum Gasteiger partial charge on any atom is 0.409 e. The van der Waals surface area contributed by atoms with E-state index in [1.54, 1.807) is 4.90 Å². The fraction of sp³-hybridized carbons (Fsp3) is 0.500. The summed E-state index contributed by atoms with van der Waals surface area (Å²) >= 11 is 0. The Kier molecular flexibility index (Phi) is 5.20. The summed E-state index contributed by atoms with van der Waals surface area (Å²) < 4.78 is 9.82. The number of ether oxygens (including phenoxy) is 2. The van der Waals surface area contributed by atoms with Gasteiger partial charge in [-0.05, 0) is 24.8 Å². The van der Waals surface area contributed by atoms with Crippen LogP contribution in [0.2, 0.25) is 0 Å². The van der Waals surface area contributed by atoms with Crippen molar-refractivity contribution in [2.24, 2.45) is 0 Å². The Morgan fingerprint density at radius 1 is 1.14 bits per heavy atom. The predicted octanol–water partition coefficient (Wildman–Crippen LogP) is 2.56. The lowest BCUT2D eigenvalue weighted by molar-refractivity contribution is -0.144. The third-order valence-electron chi connectivity index (χ3n) is 3.96. The number of nitrogens with zero attached hydrogens (tertiary/aromatic N) is 1. The molecule has 0 aromatic heterocycles. The van der Waals surface area contributed by atoms with Crippen LogP contribution in [0.3, 0.4) is 0 Å². The average molecular weight is 291 g/mol. The number of amides is 1. The van der Waals surface area contributed by atoms with Gasteiger partial charge >= 0.3 is 12.1 Å². The molecule has 0 radical (unpaired) electrons. The number of benzene rings is 1. The number of hydrogen-bond donors (Lipinski definition) is 0. The van der Waals surface area contributed by atoms with Crippen molar-refractivity contribution in [1.29, 1.82) is 0 Å². The van der Waals surface area contributed by atoms with Crippen molar-refractivity contribution in [2.75, 3.05) is 20.8 Å². The van der Waals surface area contributed by atoms with E-state index in [0.717, 1.165) is 24.8 Å². The number of esters is 1. The maximum absolute atomic E-state index is 12.3. The predicted molar refractivity (Wildman–Crippen MR) is 77.9 cm³/mol. The van der Waals surface area contributed by atoms with Crippen LogP contribution in [0.5, 0.6) is 0 Å². The number of methoxy groups -OCH3 is 2. The summed E-state index contributed by atoms with van der Waals surface area (Å²) in [5, 5.41) is 0. The molecule has 1 aliphatic rings. The molecule has 2 atom stereocenters. The molecule has 114 valence electrons. The first-order valence-electron chi connectivity index (χ1n) is 7.16. The Hall–Kier alpha value is -2.04. The number of carbonyl (C=O) groups excluding carboxylic acids is 2. The molecule has 0 aliphatic carbocycles. The van der Waals surface area contributed by atoms with E-state index in [9.17, 15) is 9.59 Å². The number of rotatable bonds is 3. The van der Waals surface area contributed by atoms with Crippen molar-refractivity contribution in [2.45, 2.75) is 31.2 Å². The van der Waals surface area contributed by atoms with E-state index in [-0.39, 0.29) is 18.1 Å². The van der Waals surface area contributed by atoms with E-state index in [0.29, 0.717) is 6.54 Å². The van der Waals surface area contributed by atoms with E-state index < -0.39 is 5.92 Å². The number of likely N-dealkylation sites (tertiary alicyclic amines) is 1. The van der Waals surface area contributed by atoms with E-state index in [2.05, 4.69) is 0 Å². The highest BCUT2D eigenvalue weighted by atomic mass is 16.5. The molecule has 1 fully saturated rings. The summed E-state index contributed by atoms with van der Waals surface area (Å²) in [6.07, 6.45) is 2.29. The molecule has 1 aliphatic heterocycles. The Morgan fingerprint density at radius 3 is 2.48 bits per heavy atom. The number of carbonyl (C=O) groups is 2. The summed E-state index contributed by atoms with van der Waals surface area (Å²) in [5.41, 5.74) is 0.866. The van der Waals surface area contributed by atoms with Crippen molar-refractivity contribution >= 4 is 12.1 Å². The van der Waals surface area contributed by atoms with Crippen LogP contribution < -0.4 is 0 Å². The van der Waals surface area contributed by atoms with Gasteiger partial charge in [0.05, 0.1) is 20.3 Å². The summed E-state index contributed by atoms with van der Waals surface area (Å²) in [7, 11) is 2.74. The van der Waals surface area contributed by atoms with Gasteiger partial charge in [0.2, 0.25) is 0 Å². The first-order valence-corrected chi connectivity index (χ1v) is 7.16. The zero-order valence-electron chi connectivity index (χ0n) is 12.5. The van der Waals surface area contributed by atoms with Crippen LogP contribution >= 0.6 is 0 Å². The molecule has 0 spiro atoms. The van der Waals surface area contributed by atoms with Crippen LogP contribution in [0, 0.1) is 0 Å². The van der Waals surface area contributed by atoms with Crippen molar-refractivity contribution in [1.82, 2.24) is 4.90 Å². The molecule has 2 rings (SSSR count). The van der Waals surface area contributed by atoms with Crippen LogP contribution in [-0.2, 0) is 14.3 Å². The zero-order chi connectivity index (χ0) is 15.2. The Balaban J connectivity index is 2.34. The van der Waals surface area contributed by atoms with Gasteiger partial charge in [-0.1, -0.05) is 30.3 Å². The number of piperidine rings is 1. The topological polar surface area (TPSA) is 55.8 Å². The molecule has 1 aromatic rings. The van der Waals surface area contributed by atoms with E-state index in [1.165, 1.54) is 14.2 Å². The van der Waals surface area contributed by atoms with Gasteiger partial charge in [0, 0.05) is 6.54 Å². The van der Waals surface area contributed by atoms with Crippen molar-refractivity contribution < 1.29 is 19.1 Å². The molecule has 2 unspecified atom stereocenters. The highest BCUT2D eigenvalue weighted by Gasteiger charge is 2.38. The van der Waals surface area contributed by atoms with Gasteiger partial charge in [0.15, 0.2) is 0 Å². The lowest BCUT2D eigenvalue weighted by atomic mass is 9.85. The molecular weight excluding hydrogens is 270 g/mol. The Bertz CT molecular complexity index is 488. The third kappa shape index (κ3) is 3.35. The maximum atomic E-state index is 12.3. The minimum Gasteiger partial charge on any atom is -0.468 e. The second-order valence-corrected chi connectivity index (χ2v) is 5.14. The van der Waals surface area contributed by atoms with Crippen LogP contribution in [0.4, 0.5) is 4.79 Å². The van der Waals surface area contributed by atoms with Crippen LogP contribution in [-0.4, -0.2) is 43.8 Å². The molecule has 0 bridgehead atoms. The summed E-state index contributed by atoms with van der Waals surface area (Å²) in [6.45, 7) is 0.609. The highest BCUT2D eigenvalue weighted by molar-refractivity contribution is 5.80. The molecular formula is C16H21NO4. The third-order valence-corrected chi connectivity index (χ3v) is 3.96. The summed E-state index contributed by atoms with van der Waals surface area (Å²) in [6, 6.07) is 9.24. The van der Waals surface area contributed by atoms with Crippen LogP contribution in [0.25, 0.3) is 0 Å². The van der Waals surface area contributed by atoms with E-state index in [1.807, 2.05) is 30.3 Å². The fourth-order valence-electron chi connectivity index (χ4n) is 2.95. The van der Waals surface area contributed by atoms with E-state index >= 15 is 0 Å². The van der Waals surface area contributed by atoms with Gasteiger partial charge in [-0.15, -0.1) is 0 Å². The summed E-state index contributed by atoms with van der Waals surface area (Å²) in [4.78, 5) is 25.9. The monoisotopic (exact) mass is 291 g/mol. The van der Waals surface area contributed by atoms with Gasteiger partial charge in [-0.2, -0.15) is 0 Å². The van der Waals surface area contributed by atoms with Crippen molar-refractivity contribution in [3.8, 4) is 0 Å². The van der Waals surface area contributed by atoms with Gasteiger partial charge in [0.1, 0.15) is 5.92 Å². The SMILES string of the molecule is COC(=O)C(c1ccccc1)C1CCCCN1C(=O)OC. The molecule has 5 heteroatoms. The molecule has 21 heavy (non-hydrogen) atoms. The molecule has 5 nitrogen and oxygen atoms in total. The van der Waals surface area contributed by atoms with Crippen LogP contribution in [0.1, 0.15) is 30.7 Å². The quantitative estimate of drug-likeness (QED) is 0.803. The molecule has 1 aromatic carbocycles. The number of hydrogen-bond acceptors (Lipinski definition) is 4. The second-order valence-electron chi connectivity index (χ2n) is 5.14. The molecule has 1 heterocycles. The van der Waals surface area contributed by atoms with Gasteiger partial charge in [-0.25, -0.2) is 4.79 Å². The van der Waals surface area contributed by atoms with Gasteiger partial charge in [0.25, 0.3) is 0 Å². The molecule has 0 saturated carbocycles. The first kappa shape index (κ1) is 15.4. The standard InChI is InChI=1S/C16H21NO4/c1-20-15(18)14(12-8-4-3-5-9-12)13-10-6-7-11-17(13)16(19)21-2/h3-5,8-9,13-14H,6-7,10-11H2,1-2H3. The normalized spacial score (nSPS) is 19.7. The van der Waals surface area contributed by atoms with E-state index in [4.69, 9.17) is 9.47 Å². The lowest BCUT2D eigenvalue weighted by Gasteiger charge is -2.38.